The molecule has 3 rings (SSSR count). The van der Waals surface area contributed by atoms with Crippen LogP contribution in [0.25, 0.3) is 0 Å². The minimum Gasteiger partial charge on any atom is -0.355 e. The molecule has 0 aromatic carbocycles. The van der Waals surface area contributed by atoms with Gasteiger partial charge in [-0.25, -0.2) is 4.98 Å². The van der Waals surface area contributed by atoms with Crippen LogP contribution in [-0.4, -0.2) is 48.4 Å². The second kappa shape index (κ2) is 8.28. The molecule has 2 saturated heterocycles. The molecule has 2 fully saturated rings. The van der Waals surface area contributed by atoms with E-state index in [0.717, 1.165) is 36.1 Å². The van der Waals surface area contributed by atoms with Gasteiger partial charge in [-0.15, -0.1) is 35.3 Å². The lowest BCUT2D eigenvalue weighted by Crippen LogP contribution is -2.51. The zero-order chi connectivity index (χ0) is 18.1. The molecule has 0 saturated carbocycles. The summed E-state index contributed by atoms with van der Waals surface area (Å²) >= 11 is 0.973. The van der Waals surface area contributed by atoms with Gasteiger partial charge in [0.25, 0.3) is 0 Å². The molecule has 2 aliphatic rings. The molecule has 2 N–H and O–H groups in total. The normalized spacial score (nSPS) is 23.8. The first kappa shape index (κ1) is 21.2. The number of hydrogen-bond acceptors (Lipinski definition) is 4. The molecular formula is C15H21F3IN5OS. The molecule has 3 heterocycles. The molecule has 26 heavy (non-hydrogen) atoms. The molecular weight excluding hydrogens is 482 g/mol. The van der Waals surface area contributed by atoms with Gasteiger partial charge in [-0.1, -0.05) is 0 Å². The smallest absolute Gasteiger partial charge is 0.355 e. The van der Waals surface area contributed by atoms with E-state index in [2.05, 4.69) is 25.5 Å². The lowest BCUT2D eigenvalue weighted by Gasteiger charge is -2.40. The molecule has 146 valence electrons. The Bertz CT molecular complexity index is 680. The fourth-order valence-electron chi connectivity index (χ4n) is 3.44. The molecule has 1 aromatic rings. The third-order valence-corrected chi connectivity index (χ3v) is 5.46. The molecule has 0 bridgehead atoms. The van der Waals surface area contributed by atoms with Crippen LogP contribution >= 0.6 is 35.3 Å². The highest BCUT2D eigenvalue weighted by atomic mass is 127. The van der Waals surface area contributed by atoms with Crippen molar-refractivity contribution >= 4 is 47.2 Å². The lowest BCUT2D eigenvalue weighted by molar-refractivity contribution is -0.140. The first-order chi connectivity index (χ1) is 11.8. The van der Waals surface area contributed by atoms with Crippen LogP contribution in [0.5, 0.6) is 0 Å². The van der Waals surface area contributed by atoms with E-state index < -0.39 is 11.9 Å². The number of guanidine groups is 1. The number of carbonyl (C=O) groups is 1. The summed E-state index contributed by atoms with van der Waals surface area (Å²) in [6, 6.07) is 0. The maximum absolute atomic E-state index is 12.6. The zero-order valence-electron chi connectivity index (χ0n) is 14.2. The first-order valence-electron chi connectivity index (χ1n) is 8.05. The minimum atomic E-state index is -4.42. The number of nitrogens with zero attached hydrogens (tertiary/aromatic N) is 3. The van der Waals surface area contributed by atoms with E-state index in [0.29, 0.717) is 30.5 Å². The second-order valence-corrected chi connectivity index (χ2v) is 7.45. The monoisotopic (exact) mass is 503 g/mol. The average Bonchev–Trinajstić information content (AvgIpc) is 3.15. The highest BCUT2D eigenvalue weighted by molar-refractivity contribution is 14.0. The van der Waals surface area contributed by atoms with Gasteiger partial charge in [0.1, 0.15) is 5.01 Å². The Balaban J connectivity index is 0.00000243. The van der Waals surface area contributed by atoms with Gasteiger partial charge in [0.05, 0.1) is 6.54 Å². The van der Waals surface area contributed by atoms with Gasteiger partial charge in [0.15, 0.2) is 11.7 Å². The molecule has 1 aromatic heterocycles. The molecule has 1 spiro atoms. The lowest BCUT2D eigenvalue weighted by atomic mass is 9.79. The summed E-state index contributed by atoms with van der Waals surface area (Å²) in [7, 11) is 1.64. The predicted molar refractivity (Wildman–Crippen MR) is 104 cm³/mol. The van der Waals surface area contributed by atoms with E-state index in [9.17, 15) is 18.0 Å². The standard InChI is InChI=1S/C15H20F3N5OS.HI/c1-19-13(20-6-12-22-10(7-25-12)15(16,17)18)23-4-2-3-14(9-23)5-11(24)21-8-14;/h7H,2-6,8-9H2,1H3,(H,19,20)(H,21,24);1H. The Hall–Kier alpha value is -1.11. The molecule has 0 radical (unpaired) electrons. The predicted octanol–water partition coefficient (Wildman–Crippen LogP) is 2.46. The number of thiazole rings is 1. The van der Waals surface area contributed by atoms with Crippen molar-refractivity contribution in [1.82, 2.24) is 20.5 Å². The number of nitrogens with one attached hydrogen (secondary N) is 2. The summed E-state index contributed by atoms with van der Waals surface area (Å²) in [6.45, 7) is 2.37. The van der Waals surface area contributed by atoms with E-state index in [1.165, 1.54) is 0 Å². The van der Waals surface area contributed by atoms with Crippen molar-refractivity contribution in [2.75, 3.05) is 26.7 Å². The van der Waals surface area contributed by atoms with Gasteiger partial charge in [-0.2, -0.15) is 13.2 Å². The van der Waals surface area contributed by atoms with E-state index >= 15 is 0 Å². The number of rotatable bonds is 2. The van der Waals surface area contributed by atoms with E-state index in [1.54, 1.807) is 7.05 Å². The summed E-state index contributed by atoms with van der Waals surface area (Å²) in [5, 5.41) is 7.36. The number of alkyl halides is 3. The van der Waals surface area contributed by atoms with E-state index in [-0.39, 0.29) is 41.8 Å². The van der Waals surface area contributed by atoms with Crippen LogP contribution in [0.1, 0.15) is 30.0 Å². The van der Waals surface area contributed by atoms with Crippen molar-refractivity contribution in [3.05, 3.63) is 16.1 Å². The van der Waals surface area contributed by atoms with Crippen molar-refractivity contribution in [2.24, 2.45) is 10.4 Å². The third kappa shape index (κ3) is 4.78. The van der Waals surface area contributed by atoms with Crippen LogP contribution in [0.4, 0.5) is 13.2 Å². The maximum atomic E-state index is 12.6. The van der Waals surface area contributed by atoms with Crippen LogP contribution in [0.3, 0.4) is 0 Å². The van der Waals surface area contributed by atoms with Gasteiger partial charge in [-0.05, 0) is 12.8 Å². The molecule has 1 unspecified atom stereocenters. The van der Waals surface area contributed by atoms with Crippen molar-refractivity contribution in [3.8, 4) is 0 Å². The number of amides is 1. The fraction of sp³-hybridized carbons (Fsp3) is 0.667. The summed E-state index contributed by atoms with van der Waals surface area (Å²) < 4.78 is 37.8. The quantitative estimate of drug-likeness (QED) is 0.370. The topological polar surface area (TPSA) is 69.6 Å². The van der Waals surface area contributed by atoms with Gasteiger partial charge in [-0.3, -0.25) is 9.79 Å². The van der Waals surface area contributed by atoms with Crippen LogP contribution < -0.4 is 10.6 Å². The van der Waals surface area contributed by atoms with Gasteiger partial charge in [0, 0.05) is 43.9 Å². The number of likely N-dealkylation sites (tertiary alicyclic amines) is 1. The Morgan fingerprint density at radius 3 is 2.88 bits per heavy atom. The molecule has 11 heteroatoms. The Morgan fingerprint density at radius 1 is 1.54 bits per heavy atom. The Morgan fingerprint density at radius 2 is 2.31 bits per heavy atom. The summed E-state index contributed by atoms with van der Waals surface area (Å²) in [5.74, 6) is 0.703. The number of aliphatic imine (C=N–C) groups is 1. The van der Waals surface area contributed by atoms with Crippen molar-refractivity contribution < 1.29 is 18.0 Å². The summed E-state index contributed by atoms with van der Waals surface area (Å²) in [5.41, 5.74) is -0.936. The van der Waals surface area contributed by atoms with Crippen molar-refractivity contribution in [1.29, 1.82) is 0 Å². The van der Waals surface area contributed by atoms with Gasteiger partial charge in [0.2, 0.25) is 5.91 Å². The van der Waals surface area contributed by atoms with Gasteiger partial charge < -0.3 is 15.5 Å². The SMILES string of the molecule is CN=C(NCc1nc(C(F)(F)F)cs1)N1CCCC2(CNC(=O)C2)C1.I. The van der Waals surface area contributed by atoms with Crippen LogP contribution in [-0.2, 0) is 17.5 Å². The average molecular weight is 503 g/mol. The number of halogens is 4. The van der Waals surface area contributed by atoms with Crippen LogP contribution in [0, 0.1) is 5.41 Å². The first-order valence-corrected chi connectivity index (χ1v) is 8.93. The molecule has 1 amide bonds. The summed E-state index contributed by atoms with van der Waals surface area (Å²) in [4.78, 5) is 21.5. The highest BCUT2D eigenvalue weighted by Gasteiger charge is 2.42. The van der Waals surface area contributed by atoms with Crippen LogP contribution in [0.15, 0.2) is 10.4 Å². The van der Waals surface area contributed by atoms with Crippen molar-refractivity contribution in [2.45, 2.75) is 32.0 Å². The summed E-state index contributed by atoms with van der Waals surface area (Å²) in [6.07, 6.45) is -1.97. The Kier molecular flexibility index (Phi) is 6.75. The molecule has 6 nitrogen and oxygen atoms in total. The number of piperidine rings is 1. The second-order valence-electron chi connectivity index (χ2n) is 6.50. The minimum absolute atomic E-state index is 0. The molecule has 1 atom stereocenters. The van der Waals surface area contributed by atoms with Crippen LogP contribution in [0.2, 0.25) is 0 Å². The fourth-order valence-corrected chi connectivity index (χ4v) is 4.18. The third-order valence-electron chi connectivity index (χ3n) is 4.61. The van der Waals surface area contributed by atoms with Gasteiger partial charge >= 0.3 is 6.18 Å². The highest BCUT2D eigenvalue weighted by Crippen LogP contribution is 2.36. The van der Waals surface area contributed by atoms with E-state index in [1.807, 2.05) is 0 Å². The molecule has 2 aliphatic heterocycles. The molecule has 0 aliphatic carbocycles. The number of hydrogen-bond donors (Lipinski definition) is 2. The van der Waals surface area contributed by atoms with Crippen molar-refractivity contribution in [3.63, 3.8) is 0 Å². The van der Waals surface area contributed by atoms with E-state index in [4.69, 9.17) is 0 Å². The largest absolute Gasteiger partial charge is 0.434 e. The number of carbonyl (C=O) groups excluding carboxylic acids is 1. The number of aromatic nitrogens is 1. The maximum Gasteiger partial charge on any atom is 0.434 e. The zero-order valence-corrected chi connectivity index (χ0v) is 17.4. The Labute approximate surface area is 170 Å².